The quantitative estimate of drug-likeness (QED) is 0.303. The van der Waals surface area contributed by atoms with Crippen LogP contribution < -0.4 is 15.0 Å². The third-order valence-corrected chi connectivity index (χ3v) is 7.76. The Labute approximate surface area is 236 Å². The Morgan fingerprint density at radius 1 is 1.05 bits per heavy atom. The molecule has 0 aliphatic carbocycles. The van der Waals surface area contributed by atoms with Crippen LogP contribution in [0, 0.1) is 6.92 Å². The molecule has 41 heavy (non-hydrogen) atoms. The zero-order valence-corrected chi connectivity index (χ0v) is 22.9. The molecular formula is C30H29N9O2. The van der Waals surface area contributed by atoms with Gasteiger partial charge in [-0.2, -0.15) is 5.10 Å². The van der Waals surface area contributed by atoms with E-state index in [2.05, 4.69) is 43.4 Å². The molecule has 1 N–H and O–H groups in total. The molecule has 5 aromatic rings. The van der Waals surface area contributed by atoms with Crippen molar-refractivity contribution in [1.29, 1.82) is 0 Å². The molecule has 0 saturated carbocycles. The van der Waals surface area contributed by atoms with E-state index in [0.29, 0.717) is 46.7 Å². The lowest BCUT2D eigenvalue weighted by molar-refractivity contribution is -0.114. The van der Waals surface area contributed by atoms with Crippen molar-refractivity contribution < 1.29 is 9.53 Å². The van der Waals surface area contributed by atoms with Crippen molar-refractivity contribution in [3.05, 3.63) is 78.5 Å². The number of hydrogen-bond donors (Lipinski definition) is 1. The Bertz CT molecular complexity index is 1810. The maximum Gasteiger partial charge on any atom is 0.255 e. The molecule has 1 amide bonds. The lowest BCUT2D eigenvalue weighted by atomic mass is 10.1. The van der Waals surface area contributed by atoms with Crippen molar-refractivity contribution in [2.24, 2.45) is 0 Å². The smallest absolute Gasteiger partial charge is 0.255 e. The number of nitrogens with one attached hydrogen (secondary N) is 1. The summed E-state index contributed by atoms with van der Waals surface area (Å²) in [7, 11) is 2.12. The highest BCUT2D eigenvalue weighted by Gasteiger charge is 2.30. The van der Waals surface area contributed by atoms with Gasteiger partial charge in [0.15, 0.2) is 11.5 Å². The molecule has 206 valence electrons. The molecule has 0 radical (unpaired) electrons. The molecular weight excluding hydrogens is 518 g/mol. The molecule has 0 unspecified atom stereocenters. The molecule has 0 spiro atoms. The molecule has 11 heteroatoms. The van der Waals surface area contributed by atoms with Crippen LogP contribution in [0.1, 0.15) is 24.8 Å². The van der Waals surface area contributed by atoms with Crippen LogP contribution in [-0.4, -0.2) is 66.5 Å². The van der Waals surface area contributed by atoms with E-state index in [9.17, 15) is 4.79 Å². The van der Waals surface area contributed by atoms with Gasteiger partial charge < -0.3 is 10.1 Å². The molecule has 1 aromatic carbocycles. The van der Waals surface area contributed by atoms with E-state index in [0.717, 1.165) is 42.0 Å². The van der Waals surface area contributed by atoms with Crippen LogP contribution in [0.5, 0.6) is 11.5 Å². The summed E-state index contributed by atoms with van der Waals surface area (Å²) >= 11 is 0. The second-order valence-corrected chi connectivity index (χ2v) is 10.5. The van der Waals surface area contributed by atoms with Gasteiger partial charge in [-0.1, -0.05) is 6.08 Å². The average Bonchev–Trinajstić information content (AvgIpc) is 3.71. The van der Waals surface area contributed by atoms with Crippen molar-refractivity contribution in [2.75, 3.05) is 30.4 Å². The van der Waals surface area contributed by atoms with Gasteiger partial charge in [-0.15, -0.1) is 0 Å². The second-order valence-electron chi connectivity index (χ2n) is 10.5. The first-order chi connectivity index (χ1) is 20.0. The van der Waals surface area contributed by atoms with Crippen LogP contribution >= 0.6 is 0 Å². The number of ether oxygens (including phenoxy) is 1. The van der Waals surface area contributed by atoms with Gasteiger partial charge in [0.2, 0.25) is 0 Å². The Morgan fingerprint density at radius 3 is 2.83 bits per heavy atom. The Balaban J connectivity index is 1.12. The fraction of sp³-hybridized carbons (Fsp3) is 0.267. The minimum atomic E-state index is 0.0258. The van der Waals surface area contributed by atoms with Gasteiger partial charge in [0.1, 0.15) is 35.5 Å². The van der Waals surface area contributed by atoms with Crippen LogP contribution in [0.3, 0.4) is 0 Å². The van der Waals surface area contributed by atoms with E-state index in [1.807, 2.05) is 55.6 Å². The number of rotatable bonds is 6. The largest absolute Gasteiger partial charge is 0.457 e. The molecule has 7 rings (SSSR count). The number of fused-ring (bicyclic) bond motifs is 2. The number of likely N-dealkylation sites (tertiary alicyclic amines) is 1. The fourth-order valence-corrected chi connectivity index (χ4v) is 5.50. The number of aryl methyl sites for hydroxylation is 1. The molecule has 11 nitrogen and oxygen atoms in total. The van der Waals surface area contributed by atoms with Gasteiger partial charge in [0, 0.05) is 36.1 Å². The Kier molecular flexibility index (Phi) is 6.27. The number of benzene rings is 1. The molecule has 2 aliphatic heterocycles. The topological polar surface area (TPSA) is 114 Å². The number of amides is 1. The first-order valence-electron chi connectivity index (χ1n) is 13.7. The molecule has 2 fully saturated rings. The summed E-state index contributed by atoms with van der Waals surface area (Å²) in [5.74, 6) is 2.60. The first-order valence-corrected chi connectivity index (χ1v) is 13.7. The van der Waals surface area contributed by atoms with E-state index < -0.39 is 0 Å². The number of carbonyl (C=O) groups excluding carboxylic acids is 1. The van der Waals surface area contributed by atoms with Crippen LogP contribution in [0.25, 0.3) is 16.7 Å². The summed E-state index contributed by atoms with van der Waals surface area (Å²) in [6.07, 6.45) is 9.96. The van der Waals surface area contributed by atoms with E-state index in [4.69, 9.17) is 9.72 Å². The zero-order valence-electron chi connectivity index (χ0n) is 22.9. The van der Waals surface area contributed by atoms with E-state index >= 15 is 0 Å². The predicted molar refractivity (Wildman–Crippen MR) is 156 cm³/mol. The number of carbonyl (C=O) groups is 1. The van der Waals surface area contributed by atoms with Crippen molar-refractivity contribution in [3.8, 4) is 11.5 Å². The molecule has 1 atom stereocenters. The highest BCUT2D eigenvalue weighted by atomic mass is 16.5. The minimum absolute atomic E-state index is 0.0258. The summed E-state index contributed by atoms with van der Waals surface area (Å²) in [4.78, 5) is 35.3. The fourth-order valence-electron chi connectivity index (χ4n) is 5.50. The third kappa shape index (κ3) is 4.84. The summed E-state index contributed by atoms with van der Waals surface area (Å²) < 4.78 is 7.79. The summed E-state index contributed by atoms with van der Waals surface area (Å²) in [5, 5.41) is 7.50. The molecule has 4 aromatic heterocycles. The minimum Gasteiger partial charge on any atom is -0.457 e. The Hall–Kier alpha value is -4.90. The van der Waals surface area contributed by atoms with Gasteiger partial charge in [0.25, 0.3) is 5.91 Å². The normalized spacial score (nSPS) is 18.7. The van der Waals surface area contributed by atoms with E-state index in [1.165, 1.54) is 19.1 Å². The predicted octanol–water partition coefficient (Wildman–Crippen LogP) is 4.67. The highest BCUT2D eigenvalue weighted by molar-refractivity contribution is 6.08. The number of nitrogens with zero attached hydrogens (tertiary/aromatic N) is 8. The maximum absolute atomic E-state index is 13.3. The number of pyridine rings is 2. The third-order valence-electron chi connectivity index (χ3n) is 7.76. The highest BCUT2D eigenvalue weighted by Crippen LogP contribution is 2.32. The van der Waals surface area contributed by atoms with Crippen LogP contribution in [-0.2, 0) is 4.79 Å². The number of aromatic nitrogens is 6. The summed E-state index contributed by atoms with van der Waals surface area (Å²) in [6.45, 7) is 3.67. The van der Waals surface area contributed by atoms with Crippen LogP contribution in [0.15, 0.2) is 73.0 Å². The monoisotopic (exact) mass is 547 g/mol. The van der Waals surface area contributed by atoms with E-state index in [-0.39, 0.29) is 5.91 Å². The second kappa shape index (κ2) is 10.3. The van der Waals surface area contributed by atoms with Crippen molar-refractivity contribution in [2.45, 2.75) is 32.2 Å². The van der Waals surface area contributed by atoms with Gasteiger partial charge in [-0.3, -0.25) is 14.6 Å². The van der Waals surface area contributed by atoms with Gasteiger partial charge in [-0.25, -0.2) is 24.5 Å². The van der Waals surface area contributed by atoms with E-state index in [1.54, 1.807) is 9.42 Å². The molecule has 6 heterocycles. The average molecular weight is 548 g/mol. The van der Waals surface area contributed by atoms with Crippen molar-refractivity contribution in [3.63, 3.8) is 0 Å². The Morgan fingerprint density at radius 2 is 1.98 bits per heavy atom. The lowest BCUT2D eigenvalue weighted by Crippen LogP contribution is -2.27. The number of anilines is 3. The summed E-state index contributed by atoms with van der Waals surface area (Å²) in [5.41, 5.74) is 4.65. The first kappa shape index (κ1) is 25.1. The lowest BCUT2D eigenvalue weighted by Gasteiger charge is -2.17. The molecule has 0 bridgehead atoms. The number of likely N-dealkylation sites (N-methyl/N-ethyl adjacent to an activating group) is 1. The standard InChI is InChI=1S/C30H29N9O2/c1-19-14-21(5-7-25(19)41-23-10-13-39-27(16-23)32-18-34-39)35-29-28-24(31-17-33-29)6-8-26(36-28)38-12-9-20(30(38)40)15-22-4-3-11-37(22)2/h5-8,10,13-18,22H,3-4,9,11-12H2,1-2H3,(H,31,33,35)/b20-15+/t22-/m1/s1. The van der Waals surface area contributed by atoms with Crippen molar-refractivity contribution >= 4 is 39.9 Å². The van der Waals surface area contributed by atoms with Crippen LogP contribution in [0.2, 0.25) is 0 Å². The van der Waals surface area contributed by atoms with Crippen LogP contribution in [0.4, 0.5) is 17.3 Å². The zero-order chi connectivity index (χ0) is 27.9. The molecule has 2 saturated heterocycles. The molecule has 2 aliphatic rings. The van der Waals surface area contributed by atoms with Gasteiger partial charge in [0.05, 0.1) is 5.52 Å². The maximum atomic E-state index is 13.3. The summed E-state index contributed by atoms with van der Waals surface area (Å²) in [6, 6.07) is 13.6. The van der Waals surface area contributed by atoms with Gasteiger partial charge in [-0.05, 0) is 81.7 Å². The van der Waals surface area contributed by atoms with Crippen molar-refractivity contribution in [1.82, 2.24) is 34.4 Å². The number of hydrogen-bond acceptors (Lipinski definition) is 9. The van der Waals surface area contributed by atoms with Gasteiger partial charge >= 0.3 is 0 Å². The SMILES string of the molecule is Cc1cc(Nc2ncnc3ccc(N4CC/C(=C\[C@H]5CCCN5C)C4=O)nc23)ccc1Oc1ccn2ncnc2c1.